The number of halogens is 1. The van der Waals surface area contributed by atoms with E-state index in [-0.39, 0.29) is 5.91 Å². The number of nitrogens with zero attached hydrogens (tertiary/aromatic N) is 5. The van der Waals surface area contributed by atoms with E-state index in [4.69, 9.17) is 16.1 Å². The van der Waals surface area contributed by atoms with E-state index in [1.165, 1.54) is 11.8 Å². The summed E-state index contributed by atoms with van der Waals surface area (Å²) in [5.41, 5.74) is 2.86. The molecule has 30 heavy (non-hydrogen) atoms. The Bertz CT molecular complexity index is 1030. The first-order chi connectivity index (χ1) is 14.5. The normalized spacial score (nSPS) is 15.0. The largest absolute Gasteiger partial charge is 0.360 e. The molecule has 0 unspecified atom stereocenters. The number of hydrogen-bond donors (Lipinski definition) is 0. The molecule has 9 heteroatoms. The van der Waals surface area contributed by atoms with E-state index in [9.17, 15) is 4.79 Å². The van der Waals surface area contributed by atoms with Crippen LogP contribution in [0.1, 0.15) is 17.0 Å². The molecule has 4 rings (SSSR count). The minimum absolute atomic E-state index is 0.132. The molecule has 3 aromatic rings. The molecule has 158 valence electrons. The van der Waals surface area contributed by atoms with Crippen molar-refractivity contribution in [1.82, 2.24) is 24.5 Å². The van der Waals surface area contributed by atoms with E-state index in [1.54, 1.807) is 6.20 Å². The maximum absolute atomic E-state index is 12.7. The number of thioether (sulfide) groups is 1. The SMILES string of the molecule is Cc1cc(CN2CCN(C(=O)CSc3nccn3-c3cccc(Cl)c3C)CC2)on1. The van der Waals surface area contributed by atoms with Crippen LogP contribution in [0, 0.1) is 13.8 Å². The number of carbonyl (C=O) groups is 1. The zero-order valence-corrected chi connectivity index (χ0v) is 18.6. The molecule has 0 saturated carbocycles. The molecule has 0 aliphatic carbocycles. The van der Waals surface area contributed by atoms with Gasteiger partial charge in [-0.25, -0.2) is 4.98 Å². The maximum atomic E-state index is 12.7. The Balaban J connectivity index is 1.31. The lowest BCUT2D eigenvalue weighted by atomic mass is 10.2. The van der Waals surface area contributed by atoms with Gasteiger partial charge in [0.2, 0.25) is 5.91 Å². The number of hydrogen-bond acceptors (Lipinski definition) is 6. The number of amides is 1. The molecule has 2 aromatic heterocycles. The van der Waals surface area contributed by atoms with Crippen molar-refractivity contribution in [3.05, 3.63) is 58.7 Å². The molecule has 7 nitrogen and oxygen atoms in total. The predicted octanol–water partition coefficient (Wildman–Crippen LogP) is 3.57. The van der Waals surface area contributed by atoms with Crippen LogP contribution in [0.4, 0.5) is 0 Å². The van der Waals surface area contributed by atoms with Crippen molar-refractivity contribution in [1.29, 1.82) is 0 Å². The second-order valence-electron chi connectivity index (χ2n) is 7.34. The first kappa shape index (κ1) is 21.0. The number of aromatic nitrogens is 3. The number of benzene rings is 1. The standard InChI is InChI=1S/C21H24ClN5O2S/c1-15-12-17(29-24-15)13-25-8-10-26(11-9-25)20(28)14-30-21-23-6-7-27(21)19-5-3-4-18(22)16(19)2/h3-7,12H,8-11,13-14H2,1-2H3. The summed E-state index contributed by atoms with van der Waals surface area (Å²) in [5.74, 6) is 1.36. The fraction of sp³-hybridized carbons (Fsp3) is 0.381. The Labute approximate surface area is 185 Å². The van der Waals surface area contributed by atoms with Gasteiger partial charge in [0.15, 0.2) is 10.9 Å². The fourth-order valence-electron chi connectivity index (χ4n) is 3.52. The van der Waals surface area contributed by atoms with Gasteiger partial charge in [-0.15, -0.1) is 0 Å². The molecule has 0 N–H and O–H groups in total. The summed E-state index contributed by atoms with van der Waals surface area (Å²) >= 11 is 7.71. The van der Waals surface area contributed by atoms with E-state index < -0.39 is 0 Å². The molecule has 0 spiro atoms. The molecule has 1 fully saturated rings. The average Bonchev–Trinajstić information content (AvgIpc) is 3.37. The average molecular weight is 446 g/mol. The molecular weight excluding hydrogens is 422 g/mol. The lowest BCUT2D eigenvalue weighted by Crippen LogP contribution is -2.48. The van der Waals surface area contributed by atoms with Crippen molar-refractivity contribution in [3.8, 4) is 5.69 Å². The van der Waals surface area contributed by atoms with Crippen molar-refractivity contribution in [2.75, 3.05) is 31.9 Å². The van der Waals surface area contributed by atoms with Crippen LogP contribution in [0.5, 0.6) is 0 Å². The summed E-state index contributed by atoms with van der Waals surface area (Å²) in [4.78, 5) is 21.4. The molecule has 1 saturated heterocycles. The molecule has 1 aromatic carbocycles. The molecule has 0 bridgehead atoms. The van der Waals surface area contributed by atoms with E-state index in [2.05, 4.69) is 15.0 Å². The van der Waals surface area contributed by atoms with Gasteiger partial charge < -0.3 is 9.42 Å². The highest BCUT2D eigenvalue weighted by Gasteiger charge is 2.22. The van der Waals surface area contributed by atoms with Crippen LogP contribution in [-0.2, 0) is 11.3 Å². The van der Waals surface area contributed by atoms with Gasteiger partial charge in [0.25, 0.3) is 0 Å². The van der Waals surface area contributed by atoms with Crippen molar-refractivity contribution >= 4 is 29.3 Å². The number of carbonyl (C=O) groups excluding carboxylic acids is 1. The smallest absolute Gasteiger partial charge is 0.233 e. The topological polar surface area (TPSA) is 67.4 Å². The van der Waals surface area contributed by atoms with Crippen molar-refractivity contribution < 1.29 is 9.32 Å². The monoisotopic (exact) mass is 445 g/mol. The quantitative estimate of drug-likeness (QED) is 0.540. The summed E-state index contributed by atoms with van der Waals surface area (Å²) in [5, 5.41) is 5.43. The number of piperazine rings is 1. The van der Waals surface area contributed by atoms with Crippen LogP contribution >= 0.6 is 23.4 Å². The minimum atomic E-state index is 0.132. The summed E-state index contributed by atoms with van der Waals surface area (Å²) in [6.45, 7) is 7.72. The highest BCUT2D eigenvalue weighted by atomic mass is 35.5. The maximum Gasteiger partial charge on any atom is 0.233 e. The minimum Gasteiger partial charge on any atom is -0.360 e. The van der Waals surface area contributed by atoms with E-state index in [0.29, 0.717) is 23.9 Å². The van der Waals surface area contributed by atoms with Crippen molar-refractivity contribution in [3.63, 3.8) is 0 Å². The number of imidazole rings is 1. The van der Waals surface area contributed by atoms with Crippen molar-refractivity contribution in [2.24, 2.45) is 0 Å². The van der Waals surface area contributed by atoms with Crippen LogP contribution < -0.4 is 0 Å². The molecule has 1 aliphatic heterocycles. The molecule has 0 radical (unpaired) electrons. The van der Waals surface area contributed by atoms with Gasteiger partial charge in [-0.1, -0.05) is 34.6 Å². The van der Waals surface area contributed by atoms with Crippen molar-refractivity contribution in [2.45, 2.75) is 25.5 Å². The molecule has 0 atom stereocenters. The van der Waals surface area contributed by atoms with Gasteiger partial charge >= 0.3 is 0 Å². The lowest BCUT2D eigenvalue weighted by Gasteiger charge is -2.34. The van der Waals surface area contributed by atoms with E-state index in [1.807, 2.05) is 53.8 Å². The van der Waals surface area contributed by atoms with Crippen LogP contribution in [-0.4, -0.2) is 62.3 Å². The van der Waals surface area contributed by atoms with E-state index >= 15 is 0 Å². The van der Waals surface area contributed by atoms with E-state index in [0.717, 1.165) is 47.5 Å². The number of rotatable bonds is 6. The zero-order chi connectivity index (χ0) is 21.1. The fourth-order valence-corrected chi connectivity index (χ4v) is 4.56. The first-order valence-corrected chi connectivity index (χ1v) is 11.2. The molecule has 3 heterocycles. The lowest BCUT2D eigenvalue weighted by molar-refractivity contribution is -0.130. The Morgan fingerprint density at radius 2 is 2.03 bits per heavy atom. The van der Waals surface area contributed by atoms with Gasteiger partial charge in [0.1, 0.15) is 0 Å². The van der Waals surface area contributed by atoms with Gasteiger partial charge in [-0.05, 0) is 31.5 Å². The van der Waals surface area contributed by atoms with Crippen LogP contribution in [0.3, 0.4) is 0 Å². The Morgan fingerprint density at radius 3 is 2.77 bits per heavy atom. The van der Waals surface area contributed by atoms with Crippen LogP contribution in [0.2, 0.25) is 5.02 Å². The second kappa shape index (κ2) is 9.24. The van der Waals surface area contributed by atoms with Crippen LogP contribution in [0.25, 0.3) is 5.69 Å². The van der Waals surface area contributed by atoms with Gasteiger partial charge in [0.05, 0.1) is 23.7 Å². The summed E-state index contributed by atoms with van der Waals surface area (Å²) in [6, 6.07) is 7.75. The third-order valence-corrected chi connectivity index (χ3v) is 6.57. The summed E-state index contributed by atoms with van der Waals surface area (Å²) in [7, 11) is 0. The third kappa shape index (κ3) is 4.71. The predicted molar refractivity (Wildman–Crippen MR) is 117 cm³/mol. The van der Waals surface area contributed by atoms with Gasteiger partial charge in [0, 0.05) is 49.7 Å². The molecule has 1 aliphatic rings. The Kier molecular flexibility index (Phi) is 6.46. The Morgan fingerprint density at radius 1 is 1.23 bits per heavy atom. The third-order valence-electron chi connectivity index (χ3n) is 5.21. The summed E-state index contributed by atoms with van der Waals surface area (Å²) in [6.07, 6.45) is 3.65. The zero-order valence-electron chi connectivity index (χ0n) is 17.0. The summed E-state index contributed by atoms with van der Waals surface area (Å²) < 4.78 is 7.27. The molecular formula is C21H24ClN5O2S. The highest BCUT2D eigenvalue weighted by molar-refractivity contribution is 7.99. The number of aryl methyl sites for hydroxylation is 1. The first-order valence-electron chi connectivity index (χ1n) is 9.85. The van der Waals surface area contributed by atoms with Gasteiger partial charge in [-0.3, -0.25) is 14.3 Å². The van der Waals surface area contributed by atoms with Crippen LogP contribution in [0.15, 0.2) is 46.3 Å². The second-order valence-corrected chi connectivity index (χ2v) is 8.69. The van der Waals surface area contributed by atoms with Gasteiger partial charge in [-0.2, -0.15) is 0 Å². The highest BCUT2D eigenvalue weighted by Crippen LogP contribution is 2.26. The Hall–Kier alpha value is -2.29. The molecule has 1 amide bonds.